The molecule has 0 spiro atoms. The molecule has 148 valence electrons. The normalized spacial score (nSPS) is 22.3. The van der Waals surface area contributed by atoms with E-state index in [0.717, 1.165) is 30.2 Å². The monoisotopic (exact) mass is 394 g/mol. The number of aryl methyl sites for hydroxylation is 1. The summed E-state index contributed by atoms with van der Waals surface area (Å²) in [6, 6.07) is 6.70. The molecule has 0 aliphatic heterocycles. The second-order valence-electron chi connectivity index (χ2n) is 7.03. The van der Waals surface area contributed by atoms with Gasteiger partial charge in [-0.25, -0.2) is 4.79 Å². The predicted molar refractivity (Wildman–Crippen MR) is 108 cm³/mol. The molecule has 0 radical (unpaired) electrons. The molecule has 1 fully saturated rings. The predicted octanol–water partition coefficient (Wildman–Crippen LogP) is 3.38. The molecule has 0 unspecified atom stereocenters. The number of carbonyl (C=O) groups is 1. The molecule has 7 heteroatoms. The average Bonchev–Trinajstić information content (AvgIpc) is 2.60. The molecule has 2 aromatic rings. The van der Waals surface area contributed by atoms with Gasteiger partial charge in [-0.2, -0.15) is 0 Å². The van der Waals surface area contributed by atoms with Crippen LogP contribution in [0.1, 0.15) is 38.2 Å². The fourth-order valence-corrected chi connectivity index (χ4v) is 3.54. The second kappa shape index (κ2) is 9.35. The summed E-state index contributed by atoms with van der Waals surface area (Å²) in [5.74, 6) is -0.185. The van der Waals surface area contributed by atoms with Crippen LogP contribution < -0.4 is 16.7 Å². The number of hydrogen-bond acceptors (Lipinski definition) is 5. The van der Waals surface area contributed by atoms with Crippen molar-refractivity contribution in [1.29, 1.82) is 0 Å². The van der Waals surface area contributed by atoms with Crippen LogP contribution in [0.4, 0.5) is 5.69 Å². The summed E-state index contributed by atoms with van der Waals surface area (Å²) in [5, 5.41) is 3.78. The number of carbonyl (C=O) groups excluding carboxylic acids is 1. The van der Waals surface area contributed by atoms with E-state index in [1.54, 1.807) is 6.07 Å². The Kier molecular flexibility index (Phi) is 7.41. The van der Waals surface area contributed by atoms with E-state index in [9.17, 15) is 9.59 Å². The highest BCUT2D eigenvalue weighted by Gasteiger charge is 2.32. The summed E-state index contributed by atoms with van der Waals surface area (Å²) in [5.41, 5.74) is 7.75. The fourth-order valence-electron chi connectivity index (χ4n) is 3.54. The van der Waals surface area contributed by atoms with Crippen LogP contribution >= 0.6 is 12.4 Å². The van der Waals surface area contributed by atoms with E-state index in [0.29, 0.717) is 24.3 Å². The molecule has 1 aromatic carbocycles. The first-order chi connectivity index (χ1) is 12.5. The molecule has 1 saturated carbocycles. The number of rotatable bonds is 5. The van der Waals surface area contributed by atoms with Gasteiger partial charge >= 0.3 is 5.63 Å². The second-order valence-corrected chi connectivity index (χ2v) is 7.03. The lowest BCUT2D eigenvalue weighted by Crippen LogP contribution is -2.45. The number of anilines is 1. The largest absolute Gasteiger partial charge is 0.423 e. The minimum absolute atomic E-state index is 0. The maximum Gasteiger partial charge on any atom is 0.336 e. The van der Waals surface area contributed by atoms with Gasteiger partial charge in [-0.1, -0.05) is 6.92 Å². The van der Waals surface area contributed by atoms with E-state index < -0.39 is 5.63 Å². The zero-order chi connectivity index (χ0) is 18.7. The zero-order valence-electron chi connectivity index (χ0n) is 15.7. The van der Waals surface area contributed by atoms with Gasteiger partial charge in [0.25, 0.3) is 0 Å². The molecular weight excluding hydrogens is 368 g/mol. The van der Waals surface area contributed by atoms with E-state index >= 15 is 0 Å². The molecule has 1 heterocycles. The molecule has 0 saturated heterocycles. The van der Waals surface area contributed by atoms with Crippen molar-refractivity contribution in [1.82, 2.24) is 0 Å². The molecule has 27 heavy (non-hydrogen) atoms. The maximum absolute atomic E-state index is 12.6. The maximum atomic E-state index is 12.6. The zero-order valence-corrected chi connectivity index (χ0v) is 16.5. The van der Waals surface area contributed by atoms with Gasteiger partial charge in [0.2, 0.25) is 5.91 Å². The summed E-state index contributed by atoms with van der Waals surface area (Å²) in [4.78, 5) is 24.2. The van der Waals surface area contributed by atoms with Gasteiger partial charge in [0.1, 0.15) is 5.58 Å². The third kappa shape index (κ3) is 5.09. The van der Waals surface area contributed by atoms with E-state index in [1.807, 2.05) is 19.1 Å². The first-order valence-corrected chi connectivity index (χ1v) is 9.20. The molecule has 0 bridgehead atoms. The summed E-state index contributed by atoms with van der Waals surface area (Å²) in [6.07, 6.45) is 3.17. The van der Waals surface area contributed by atoms with Crippen LogP contribution in [-0.4, -0.2) is 24.7 Å². The number of amides is 1. The van der Waals surface area contributed by atoms with Gasteiger partial charge in [0, 0.05) is 41.8 Å². The number of hydrogen-bond donors (Lipinski definition) is 2. The highest BCUT2D eigenvalue weighted by atomic mass is 35.5. The van der Waals surface area contributed by atoms with E-state index in [-0.39, 0.29) is 36.4 Å². The first kappa shape index (κ1) is 21.4. The Hall–Kier alpha value is -1.89. The van der Waals surface area contributed by atoms with Crippen molar-refractivity contribution >= 4 is 35.0 Å². The Balaban J connectivity index is 0.00000261. The van der Waals surface area contributed by atoms with Crippen LogP contribution in [0.5, 0.6) is 0 Å². The number of halogens is 1. The lowest BCUT2D eigenvalue weighted by Gasteiger charge is -2.33. The van der Waals surface area contributed by atoms with Gasteiger partial charge in [-0.15, -0.1) is 12.4 Å². The minimum Gasteiger partial charge on any atom is -0.423 e. The standard InChI is InChI=1S/C20H26N2O4.ClH/c1-3-8-25-17-7-4-13(10-16(17)21)20(24)22-14-5-6-15-12(2)9-19(23)26-18(15)11-14;/h5-6,9,11,13,16-17H,3-4,7-8,10,21H2,1-2H3,(H,22,24);1H/t13-,16+,17+;/m0./s1. The number of fused-ring (bicyclic) bond motifs is 1. The number of nitrogens with two attached hydrogens (primary N) is 1. The van der Waals surface area contributed by atoms with Gasteiger partial charge < -0.3 is 20.2 Å². The van der Waals surface area contributed by atoms with E-state index in [2.05, 4.69) is 12.2 Å². The third-order valence-electron chi connectivity index (χ3n) is 4.96. The topological polar surface area (TPSA) is 94.6 Å². The number of ether oxygens (including phenoxy) is 1. The summed E-state index contributed by atoms with van der Waals surface area (Å²) < 4.78 is 11.0. The SMILES string of the molecule is CCCO[C@@H]1CC[C@H](C(=O)Nc2ccc3c(C)cc(=O)oc3c2)C[C@H]1N.Cl. The molecule has 3 N–H and O–H groups in total. The lowest BCUT2D eigenvalue weighted by molar-refractivity contribution is -0.122. The molecule has 6 nitrogen and oxygen atoms in total. The summed E-state index contributed by atoms with van der Waals surface area (Å²) in [6.45, 7) is 4.63. The van der Waals surface area contributed by atoms with Gasteiger partial charge in [0.05, 0.1) is 6.10 Å². The Bertz CT molecular complexity index is 851. The van der Waals surface area contributed by atoms with Crippen LogP contribution in [-0.2, 0) is 9.53 Å². The Morgan fingerprint density at radius 1 is 1.33 bits per heavy atom. The van der Waals surface area contributed by atoms with Crippen molar-refractivity contribution in [2.75, 3.05) is 11.9 Å². The van der Waals surface area contributed by atoms with Crippen molar-refractivity contribution < 1.29 is 13.9 Å². The highest BCUT2D eigenvalue weighted by molar-refractivity contribution is 5.95. The van der Waals surface area contributed by atoms with Crippen molar-refractivity contribution in [3.8, 4) is 0 Å². The Labute approximate surface area is 164 Å². The Morgan fingerprint density at radius 3 is 2.81 bits per heavy atom. The molecule has 1 aliphatic rings. The third-order valence-corrected chi connectivity index (χ3v) is 4.96. The smallest absolute Gasteiger partial charge is 0.336 e. The van der Waals surface area contributed by atoms with Crippen molar-refractivity contribution in [3.05, 3.63) is 40.2 Å². The molecule has 3 rings (SSSR count). The molecule has 1 aromatic heterocycles. The summed E-state index contributed by atoms with van der Waals surface area (Å²) >= 11 is 0. The van der Waals surface area contributed by atoms with Crippen LogP contribution in [0.2, 0.25) is 0 Å². The van der Waals surface area contributed by atoms with Crippen LogP contribution in [0.3, 0.4) is 0 Å². The molecule has 1 aliphatic carbocycles. The molecule has 1 amide bonds. The van der Waals surface area contributed by atoms with E-state index in [1.165, 1.54) is 6.07 Å². The molecule has 3 atom stereocenters. The van der Waals surface area contributed by atoms with Crippen molar-refractivity contribution in [2.45, 2.75) is 51.7 Å². The number of benzene rings is 1. The quantitative estimate of drug-likeness (QED) is 0.758. The minimum atomic E-state index is -0.394. The van der Waals surface area contributed by atoms with Crippen LogP contribution in [0.15, 0.2) is 33.5 Å². The first-order valence-electron chi connectivity index (χ1n) is 9.20. The fraction of sp³-hybridized carbons (Fsp3) is 0.500. The number of nitrogens with one attached hydrogen (secondary N) is 1. The lowest BCUT2D eigenvalue weighted by atomic mass is 9.83. The average molecular weight is 395 g/mol. The van der Waals surface area contributed by atoms with Gasteiger partial charge in [-0.05, 0) is 50.3 Å². The van der Waals surface area contributed by atoms with Crippen molar-refractivity contribution in [2.24, 2.45) is 11.7 Å². The van der Waals surface area contributed by atoms with Crippen molar-refractivity contribution in [3.63, 3.8) is 0 Å². The Morgan fingerprint density at radius 2 is 2.11 bits per heavy atom. The molecular formula is C20H27ClN2O4. The highest BCUT2D eigenvalue weighted by Crippen LogP contribution is 2.28. The summed E-state index contributed by atoms with van der Waals surface area (Å²) in [7, 11) is 0. The van der Waals surface area contributed by atoms with Crippen LogP contribution in [0.25, 0.3) is 11.0 Å². The van der Waals surface area contributed by atoms with Gasteiger partial charge in [-0.3, -0.25) is 4.79 Å². The van der Waals surface area contributed by atoms with Crippen LogP contribution in [0, 0.1) is 12.8 Å². The van der Waals surface area contributed by atoms with Gasteiger partial charge in [0.15, 0.2) is 0 Å². The van der Waals surface area contributed by atoms with E-state index in [4.69, 9.17) is 14.9 Å².